The van der Waals surface area contributed by atoms with Crippen LogP contribution < -0.4 is 4.74 Å². The fourth-order valence-corrected chi connectivity index (χ4v) is 5.28. The summed E-state index contributed by atoms with van der Waals surface area (Å²) >= 11 is 0. The normalized spacial score (nSPS) is 15.5. The van der Waals surface area contributed by atoms with Crippen molar-refractivity contribution < 1.29 is 9.47 Å². The van der Waals surface area contributed by atoms with Gasteiger partial charge in [0.25, 0.3) is 0 Å². The van der Waals surface area contributed by atoms with Gasteiger partial charge in [-0.2, -0.15) is 0 Å². The molecular weight excluding hydrogens is 452 g/mol. The molecule has 1 fully saturated rings. The summed E-state index contributed by atoms with van der Waals surface area (Å²) in [5.41, 5.74) is 3.96. The zero-order chi connectivity index (χ0) is 26.3. The summed E-state index contributed by atoms with van der Waals surface area (Å²) in [5.74, 6) is 2.47. The highest BCUT2D eigenvalue weighted by Gasteiger charge is 2.23. The van der Waals surface area contributed by atoms with Crippen LogP contribution in [0.2, 0.25) is 0 Å². The Morgan fingerprint density at radius 2 is 1.30 bits per heavy atom. The van der Waals surface area contributed by atoms with E-state index in [1.165, 1.54) is 48.8 Å². The Morgan fingerprint density at radius 1 is 0.730 bits per heavy atom. The molecule has 0 aromatic heterocycles. The number of hydrogen-bond acceptors (Lipinski definition) is 2. The first-order chi connectivity index (χ1) is 18.2. The van der Waals surface area contributed by atoms with E-state index < -0.39 is 0 Å². The van der Waals surface area contributed by atoms with E-state index in [2.05, 4.69) is 98.8 Å². The van der Waals surface area contributed by atoms with Crippen molar-refractivity contribution in [3.63, 3.8) is 0 Å². The van der Waals surface area contributed by atoms with Crippen LogP contribution in [0.3, 0.4) is 0 Å². The standard InChI is InChI=1S/C33H42O2.C2H6/c1-3-26(2)28-19-21-31(22-20-28)35-33(34-24-23-27-13-7-4-8-14-27)25-32(29-15-9-5-10-16-29)30-17-11-6-12-18-30;1-2/h5-6,9-12,15-22,26-27,32-33H,3-4,7-8,13-14,23-25H2,1-2H3;1-2H3. The van der Waals surface area contributed by atoms with Crippen LogP contribution in [0.25, 0.3) is 0 Å². The summed E-state index contributed by atoms with van der Waals surface area (Å²) in [7, 11) is 0. The Hall–Kier alpha value is -2.58. The van der Waals surface area contributed by atoms with Crippen LogP contribution in [0.5, 0.6) is 5.75 Å². The Labute approximate surface area is 226 Å². The second-order valence-electron chi connectivity index (χ2n) is 10.2. The molecule has 0 bridgehead atoms. The molecule has 1 saturated carbocycles. The molecule has 37 heavy (non-hydrogen) atoms. The molecule has 0 heterocycles. The van der Waals surface area contributed by atoms with Gasteiger partial charge in [-0.1, -0.05) is 133 Å². The molecule has 1 aliphatic carbocycles. The monoisotopic (exact) mass is 500 g/mol. The molecule has 0 saturated heterocycles. The van der Waals surface area contributed by atoms with Gasteiger partial charge >= 0.3 is 0 Å². The number of rotatable bonds is 12. The molecule has 2 unspecified atom stereocenters. The third-order valence-corrected chi connectivity index (χ3v) is 7.72. The lowest BCUT2D eigenvalue weighted by molar-refractivity contribution is -0.0903. The molecular formula is C35H48O2. The molecule has 2 heteroatoms. The fraction of sp³-hybridized carbons (Fsp3) is 0.486. The van der Waals surface area contributed by atoms with Crippen LogP contribution >= 0.6 is 0 Å². The predicted octanol–water partition coefficient (Wildman–Crippen LogP) is 10.1. The van der Waals surface area contributed by atoms with Crippen molar-refractivity contribution in [2.24, 2.45) is 5.92 Å². The smallest absolute Gasteiger partial charge is 0.200 e. The number of hydrogen-bond donors (Lipinski definition) is 0. The molecule has 4 rings (SSSR count). The van der Waals surface area contributed by atoms with E-state index in [1.54, 1.807) is 0 Å². The molecule has 2 nitrogen and oxygen atoms in total. The number of ether oxygens (including phenoxy) is 2. The van der Waals surface area contributed by atoms with Gasteiger partial charge in [0.2, 0.25) is 6.29 Å². The summed E-state index contributed by atoms with van der Waals surface area (Å²) < 4.78 is 13.0. The first-order valence-corrected chi connectivity index (χ1v) is 14.7. The van der Waals surface area contributed by atoms with Crippen LogP contribution in [-0.2, 0) is 4.74 Å². The predicted molar refractivity (Wildman–Crippen MR) is 157 cm³/mol. The molecule has 3 aromatic carbocycles. The molecule has 3 aromatic rings. The Morgan fingerprint density at radius 3 is 1.84 bits per heavy atom. The Balaban J connectivity index is 0.00000186. The van der Waals surface area contributed by atoms with Crippen LogP contribution in [0.4, 0.5) is 0 Å². The van der Waals surface area contributed by atoms with Gasteiger partial charge in [-0.25, -0.2) is 0 Å². The second kappa shape index (κ2) is 16.3. The van der Waals surface area contributed by atoms with E-state index in [4.69, 9.17) is 9.47 Å². The average Bonchev–Trinajstić information content (AvgIpc) is 2.98. The maximum Gasteiger partial charge on any atom is 0.200 e. The summed E-state index contributed by atoms with van der Waals surface area (Å²) in [4.78, 5) is 0. The van der Waals surface area contributed by atoms with E-state index in [0.717, 1.165) is 37.5 Å². The van der Waals surface area contributed by atoms with Gasteiger partial charge in [0.1, 0.15) is 5.75 Å². The molecule has 200 valence electrons. The highest BCUT2D eigenvalue weighted by atomic mass is 16.7. The van der Waals surface area contributed by atoms with Crippen molar-refractivity contribution in [3.8, 4) is 5.75 Å². The van der Waals surface area contributed by atoms with Gasteiger partial charge < -0.3 is 9.47 Å². The van der Waals surface area contributed by atoms with Crippen LogP contribution in [-0.4, -0.2) is 12.9 Å². The molecule has 0 amide bonds. The summed E-state index contributed by atoms with van der Waals surface area (Å²) in [6, 6.07) is 30.2. The van der Waals surface area contributed by atoms with E-state index in [1.807, 2.05) is 13.8 Å². The largest absolute Gasteiger partial charge is 0.465 e. The maximum absolute atomic E-state index is 6.52. The minimum atomic E-state index is -0.293. The summed E-state index contributed by atoms with van der Waals surface area (Å²) in [5, 5.41) is 0. The molecule has 1 aliphatic rings. The van der Waals surface area contributed by atoms with Crippen molar-refractivity contribution in [1.82, 2.24) is 0 Å². The lowest BCUT2D eigenvalue weighted by Gasteiger charge is -2.27. The van der Waals surface area contributed by atoms with Crippen molar-refractivity contribution >= 4 is 0 Å². The van der Waals surface area contributed by atoms with Gasteiger partial charge in [0.15, 0.2) is 0 Å². The summed E-state index contributed by atoms with van der Waals surface area (Å²) in [6.45, 7) is 9.27. The zero-order valence-electron chi connectivity index (χ0n) is 23.6. The van der Waals surface area contributed by atoms with Gasteiger partial charge in [-0.15, -0.1) is 0 Å². The van der Waals surface area contributed by atoms with Gasteiger partial charge in [0.05, 0.1) is 6.61 Å². The first-order valence-electron chi connectivity index (χ1n) is 14.7. The van der Waals surface area contributed by atoms with E-state index in [0.29, 0.717) is 5.92 Å². The van der Waals surface area contributed by atoms with E-state index in [9.17, 15) is 0 Å². The lowest BCUT2D eigenvalue weighted by Crippen LogP contribution is -2.25. The molecule has 0 spiro atoms. The minimum absolute atomic E-state index is 0.219. The van der Waals surface area contributed by atoms with E-state index >= 15 is 0 Å². The first kappa shape index (κ1) is 29.0. The minimum Gasteiger partial charge on any atom is -0.465 e. The van der Waals surface area contributed by atoms with Crippen molar-refractivity contribution in [3.05, 3.63) is 102 Å². The highest BCUT2D eigenvalue weighted by Crippen LogP contribution is 2.32. The fourth-order valence-electron chi connectivity index (χ4n) is 5.28. The molecule has 0 N–H and O–H groups in total. The SMILES string of the molecule is CC.CCC(C)c1ccc(OC(CC(c2ccccc2)c2ccccc2)OCCC2CCCCC2)cc1. The van der Waals surface area contributed by atoms with Crippen LogP contribution in [0.1, 0.15) is 108 Å². The zero-order valence-corrected chi connectivity index (χ0v) is 23.6. The van der Waals surface area contributed by atoms with Gasteiger partial charge in [-0.05, 0) is 53.5 Å². The quantitative estimate of drug-likeness (QED) is 0.230. The van der Waals surface area contributed by atoms with Crippen molar-refractivity contribution in [2.45, 2.75) is 97.2 Å². The van der Waals surface area contributed by atoms with Gasteiger partial charge in [-0.3, -0.25) is 0 Å². The average molecular weight is 501 g/mol. The van der Waals surface area contributed by atoms with Gasteiger partial charge in [0, 0.05) is 12.3 Å². The highest BCUT2D eigenvalue weighted by molar-refractivity contribution is 5.33. The topological polar surface area (TPSA) is 18.5 Å². The Bertz CT molecular complexity index is 922. The Kier molecular flexibility index (Phi) is 12.8. The molecule has 2 atom stereocenters. The second-order valence-corrected chi connectivity index (χ2v) is 10.2. The van der Waals surface area contributed by atoms with Crippen molar-refractivity contribution in [2.75, 3.05) is 6.61 Å². The lowest BCUT2D eigenvalue weighted by atomic mass is 9.87. The van der Waals surface area contributed by atoms with Crippen LogP contribution in [0, 0.1) is 5.92 Å². The third-order valence-electron chi connectivity index (χ3n) is 7.72. The van der Waals surface area contributed by atoms with Crippen molar-refractivity contribution in [1.29, 1.82) is 0 Å². The molecule has 0 radical (unpaired) electrons. The molecule has 0 aliphatic heterocycles. The van der Waals surface area contributed by atoms with Crippen LogP contribution in [0.15, 0.2) is 84.9 Å². The maximum atomic E-state index is 6.52. The third kappa shape index (κ3) is 9.34. The summed E-state index contributed by atoms with van der Waals surface area (Å²) in [6.07, 6.45) is 9.60. The number of benzene rings is 3. The van der Waals surface area contributed by atoms with E-state index in [-0.39, 0.29) is 12.2 Å².